The second-order valence-electron chi connectivity index (χ2n) is 7.46. The second-order valence-corrected chi connectivity index (χ2v) is 8.32. The number of piperidine rings is 1. The maximum absolute atomic E-state index is 13.8. The topological polar surface area (TPSA) is 42.4 Å². The first kappa shape index (κ1) is 20.5. The van der Waals surface area contributed by atoms with Gasteiger partial charge in [-0.3, -0.25) is 4.79 Å². The van der Waals surface area contributed by atoms with Crippen LogP contribution in [-0.4, -0.2) is 35.0 Å². The largest absolute Gasteiger partial charge is 0.487 e. The van der Waals surface area contributed by atoms with E-state index in [2.05, 4.69) is 4.98 Å². The minimum Gasteiger partial charge on any atom is -0.487 e. The molecule has 2 aromatic carbocycles. The number of thiazole rings is 1. The Labute approximate surface area is 178 Å². The summed E-state index contributed by atoms with van der Waals surface area (Å²) in [5.41, 5.74) is 3.02. The number of aryl methyl sites for hydroxylation is 1. The lowest BCUT2D eigenvalue weighted by Crippen LogP contribution is -2.42. The van der Waals surface area contributed by atoms with E-state index in [0.717, 1.165) is 22.3 Å². The fourth-order valence-electron chi connectivity index (χ4n) is 3.46. The number of carbonyl (C=O) groups excluding carboxylic acids is 1. The molecule has 1 aromatic heterocycles. The van der Waals surface area contributed by atoms with Gasteiger partial charge in [0, 0.05) is 42.9 Å². The van der Waals surface area contributed by atoms with Crippen LogP contribution in [-0.2, 0) is 11.2 Å². The van der Waals surface area contributed by atoms with Gasteiger partial charge in [-0.1, -0.05) is 29.8 Å². The van der Waals surface area contributed by atoms with Crippen LogP contribution in [0.15, 0.2) is 47.8 Å². The fourth-order valence-corrected chi connectivity index (χ4v) is 4.28. The molecular formula is C23H22F2N2O2S. The first-order valence-corrected chi connectivity index (χ1v) is 10.8. The van der Waals surface area contributed by atoms with E-state index in [1.807, 2.05) is 36.6 Å². The van der Waals surface area contributed by atoms with Crippen molar-refractivity contribution < 1.29 is 18.3 Å². The molecule has 0 radical (unpaired) electrons. The average Bonchev–Trinajstić information content (AvgIpc) is 3.19. The van der Waals surface area contributed by atoms with Gasteiger partial charge in [0.05, 0.1) is 12.1 Å². The van der Waals surface area contributed by atoms with E-state index in [-0.39, 0.29) is 24.2 Å². The third-order valence-electron chi connectivity index (χ3n) is 5.16. The highest BCUT2D eigenvalue weighted by Crippen LogP contribution is 2.26. The van der Waals surface area contributed by atoms with Gasteiger partial charge in [0.2, 0.25) is 5.91 Å². The van der Waals surface area contributed by atoms with Crippen molar-refractivity contribution in [1.29, 1.82) is 0 Å². The van der Waals surface area contributed by atoms with Crippen molar-refractivity contribution in [3.8, 4) is 16.3 Å². The quantitative estimate of drug-likeness (QED) is 0.574. The molecule has 1 aliphatic rings. The van der Waals surface area contributed by atoms with Gasteiger partial charge in [0.25, 0.3) is 0 Å². The maximum atomic E-state index is 13.8. The van der Waals surface area contributed by atoms with Gasteiger partial charge in [0.15, 0.2) is 11.6 Å². The monoisotopic (exact) mass is 428 g/mol. The predicted octanol–water partition coefficient (Wildman–Crippen LogP) is 5.01. The number of nitrogens with zero attached hydrogens (tertiary/aromatic N) is 2. The van der Waals surface area contributed by atoms with Crippen LogP contribution in [0.3, 0.4) is 0 Å². The first-order chi connectivity index (χ1) is 14.5. The summed E-state index contributed by atoms with van der Waals surface area (Å²) in [4.78, 5) is 19.1. The van der Waals surface area contributed by atoms with Crippen LogP contribution in [0.25, 0.3) is 10.6 Å². The minimum atomic E-state index is -0.707. The molecule has 1 fully saturated rings. The van der Waals surface area contributed by atoms with E-state index in [9.17, 15) is 13.6 Å². The van der Waals surface area contributed by atoms with Gasteiger partial charge in [0.1, 0.15) is 16.9 Å². The maximum Gasteiger partial charge on any atom is 0.228 e. The molecule has 0 aliphatic carbocycles. The lowest BCUT2D eigenvalue weighted by molar-refractivity contribution is -0.132. The van der Waals surface area contributed by atoms with Gasteiger partial charge >= 0.3 is 0 Å². The van der Waals surface area contributed by atoms with Crippen LogP contribution in [0.1, 0.15) is 24.1 Å². The zero-order valence-corrected chi connectivity index (χ0v) is 17.4. The van der Waals surface area contributed by atoms with Crippen LogP contribution in [0.5, 0.6) is 5.75 Å². The van der Waals surface area contributed by atoms with E-state index in [0.29, 0.717) is 25.9 Å². The smallest absolute Gasteiger partial charge is 0.228 e. The predicted molar refractivity (Wildman–Crippen MR) is 113 cm³/mol. The Hall–Kier alpha value is -2.80. The number of ether oxygens (including phenoxy) is 1. The zero-order chi connectivity index (χ0) is 21.1. The average molecular weight is 429 g/mol. The van der Waals surface area contributed by atoms with Crippen molar-refractivity contribution in [1.82, 2.24) is 9.88 Å². The van der Waals surface area contributed by atoms with Crippen molar-refractivity contribution in [3.63, 3.8) is 0 Å². The molecule has 0 spiro atoms. The summed E-state index contributed by atoms with van der Waals surface area (Å²) in [6.45, 7) is 3.13. The molecule has 0 bridgehead atoms. The summed E-state index contributed by atoms with van der Waals surface area (Å²) in [5, 5.41) is 2.84. The van der Waals surface area contributed by atoms with Crippen molar-refractivity contribution in [3.05, 3.63) is 70.7 Å². The molecule has 0 saturated carbocycles. The van der Waals surface area contributed by atoms with Crippen molar-refractivity contribution in [2.24, 2.45) is 0 Å². The van der Waals surface area contributed by atoms with Crippen LogP contribution >= 0.6 is 11.3 Å². The third kappa shape index (κ3) is 4.84. The summed E-state index contributed by atoms with van der Waals surface area (Å²) >= 11 is 1.54. The van der Waals surface area contributed by atoms with Gasteiger partial charge in [-0.05, 0) is 19.1 Å². The summed E-state index contributed by atoms with van der Waals surface area (Å²) in [7, 11) is 0. The molecule has 2 heterocycles. The molecule has 0 N–H and O–H groups in total. The molecular weight excluding hydrogens is 406 g/mol. The Balaban J connectivity index is 1.30. The summed E-state index contributed by atoms with van der Waals surface area (Å²) in [5.74, 6) is -1.26. The van der Waals surface area contributed by atoms with E-state index in [1.54, 1.807) is 4.90 Å². The number of carbonyl (C=O) groups is 1. The number of amides is 1. The lowest BCUT2D eigenvalue weighted by atomic mass is 10.1. The number of likely N-dealkylation sites (tertiary alicyclic amines) is 1. The normalized spacial score (nSPS) is 14.7. The molecule has 30 heavy (non-hydrogen) atoms. The molecule has 4 nitrogen and oxygen atoms in total. The Morgan fingerprint density at radius 2 is 1.90 bits per heavy atom. The van der Waals surface area contributed by atoms with Crippen molar-refractivity contribution >= 4 is 17.2 Å². The first-order valence-electron chi connectivity index (χ1n) is 9.89. The highest BCUT2D eigenvalue weighted by Gasteiger charge is 2.25. The molecule has 0 unspecified atom stereocenters. The van der Waals surface area contributed by atoms with Crippen LogP contribution in [0.4, 0.5) is 8.78 Å². The fraction of sp³-hybridized carbons (Fsp3) is 0.304. The zero-order valence-electron chi connectivity index (χ0n) is 16.6. The Morgan fingerprint density at radius 3 is 2.60 bits per heavy atom. The van der Waals surface area contributed by atoms with Gasteiger partial charge < -0.3 is 9.64 Å². The van der Waals surface area contributed by atoms with Gasteiger partial charge in [-0.25, -0.2) is 13.8 Å². The second kappa shape index (κ2) is 8.92. The number of rotatable bonds is 5. The van der Waals surface area contributed by atoms with Gasteiger partial charge in [-0.15, -0.1) is 11.3 Å². The third-order valence-corrected chi connectivity index (χ3v) is 6.11. The Kier molecular flexibility index (Phi) is 6.08. The van der Waals surface area contributed by atoms with Crippen LogP contribution in [0, 0.1) is 18.6 Å². The van der Waals surface area contributed by atoms with E-state index in [1.165, 1.54) is 29.0 Å². The number of halogens is 2. The standard InChI is InChI=1S/C23H22F2N2O2S/c1-15-2-4-16(5-3-15)23-26-18(14-30-23)13-22(28)27-10-8-19(9-11-27)29-21-7-6-17(24)12-20(21)25/h2-7,12,14,19H,8-11,13H2,1H3. The Bertz CT molecular complexity index is 1030. The molecule has 1 aliphatic heterocycles. The molecule has 7 heteroatoms. The summed E-state index contributed by atoms with van der Waals surface area (Å²) < 4.78 is 32.4. The number of aromatic nitrogens is 1. The molecule has 0 atom stereocenters. The highest BCUT2D eigenvalue weighted by molar-refractivity contribution is 7.13. The number of benzene rings is 2. The van der Waals surface area contributed by atoms with E-state index >= 15 is 0 Å². The minimum absolute atomic E-state index is 0.0298. The number of hydrogen-bond acceptors (Lipinski definition) is 4. The van der Waals surface area contributed by atoms with Gasteiger partial charge in [-0.2, -0.15) is 0 Å². The highest BCUT2D eigenvalue weighted by atomic mass is 32.1. The van der Waals surface area contributed by atoms with Crippen molar-refractivity contribution in [2.45, 2.75) is 32.3 Å². The molecule has 1 amide bonds. The number of hydrogen-bond donors (Lipinski definition) is 0. The lowest BCUT2D eigenvalue weighted by Gasteiger charge is -2.32. The molecule has 4 rings (SSSR count). The summed E-state index contributed by atoms with van der Waals surface area (Å²) in [6.07, 6.45) is 1.28. The Morgan fingerprint density at radius 1 is 1.17 bits per heavy atom. The molecule has 156 valence electrons. The van der Waals surface area contributed by atoms with Crippen molar-refractivity contribution in [2.75, 3.05) is 13.1 Å². The van der Waals surface area contributed by atoms with E-state index < -0.39 is 11.6 Å². The summed E-state index contributed by atoms with van der Waals surface area (Å²) in [6, 6.07) is 11.5. The SMILES string of the molecule is Cc1ccc(-c2nc(CC(=O)N3CCC(Oc4ccc(F)cc4F)CC3)cs2)cc1. The molecule has 3 aromatic rings. The van der Waals surface area contributed by atoms with E-state index in [4.69, 9.17) is 4.74 Å². The molecule has 1 saturated heterocycles. The van der Waals surface area contributed by atoms with Crippen LogP contribution < -0.4 is 4.74 Å². The van der Waals surface area contributed by atoms with Crippen LogP contribution in [0.2, 0.25) is 0 Å².